The lowest BCUT2D eigenvalue weighted by atomic mass is 10.1. The number of pyridine rings is 1. The molecule has 6 nitrogen and oxygen atoms in total. The van der Waals surface area contributed by atoms with Crippen LogP contribution in [0.3, 0.4) is 0 Å². The number of fused-ring (bicyclic) bond motifs is 1. The third-order valence-electron chi connectivity index (χ3n) is 4.74. The first-order valence-corrected chi connectivity index (χ1v) is 9.76. The minimum Gasteiger partial charge on any atom is -0.495 e. The Hall–Kier alpha value is -2.90. The highest BCUT2D eigenvalue weighted by molar-refractivity contribution is 7.80. The van der Waals surface area contributed by atoms with E-state index in [1.54, 1.807) is 12.0 Å². The van der Waals surface area contributed by atoms with Gasteiger partial charge >= 0.3 is 0 Å². The van der Waals surface area contributed by atoms with Crippen molar-refractivity contribution in [2.24, 2.45) is 0 Å². The number of rotatable bonds is 6. The molecule has 3 aromatic rings. The van der Waals surface area contributed by atoms with E-state index in [4.69, 9.17) is 17.0 Å². The summed E-state index contributed by atoms with van der Waals surface area (Å²) in [6, 6.07) is 13.4. The second kappa shape index (κ2) is 9.07. The van der Waals surface area contributed by atoms with Crippen molar-refractivity contribution < 1.29 is 9.84 Å². The van der Waals surface area contributed by atoms with Crippen LogP contribution in [0, 0.1) is 13.8 Å². The molecule has 1 heterocycles. The number of hydrogen-bond acceptors (Lipinski definition) is 4. The zero-order chi connectivity index (χ0) is 21.0. The van der Waals surface area contributed by atoms with Gasteiger partial charge in [0.1, 0.15) is 5.75 Å². The molecule has 3 N–H and O–H groups in total. The van der Waals surface area contributed by atoms with Crippen LogP contribution in [0.25, 0.3) is 10.9 Å². The fourth-order valence-corrected chi connectivity index (χ4v) is 3.64. The Kier molecular flexibility index (Phi) is 6.51. The van der Waals surface area contributed by atoms with E-state index in [9.17, 15) is 9.90 Å². The van der Waals surface area contributed by atoms with E-state index in [-0.39, 0.29) is 18.7 Å². The average molecular weight is 412 g/mol. The van der Waals surface area contributed by atoms with Gasteiger partial charge in [0, 0.05) is 12.1 Å². The number of H-pyrrole nitrogens is 1. The van der Waals surface area contributed by atoms with Crippen molar-refractivity contribution >= 4 is 33.9 Å². The molecule has 0 aliphatic heterocycles. The van der Waals surface area contributed by atoms with Crippen LogP contribution in [0.1, 0.15) is 16.7 Å². The molecule has 3 rings (SSSR count). The maximum Gasteiger partial charge on any atom is 0.253 e. The van der Waals surface area contributed by atoms with Crippen LogP contribution >= 0.6 is 12.2 Å². The zero-order valence-electron chi connectivity index (χ0n) is 16.8. The molecular formula is C22H25N3O3S. The van der Waals surface area contributed by atoms with Crippen LogP contribution in [0.5, 0.6) is 5.75 Å². The van der Waals surface area contributed by atoms with Crippen molar-refractivity contribution in [2.75, 3.05) is 25.6 Å². The fourth-order valence-electron chi connectivity index (χ4n) is 3.37. The Morgan fingerprint density at radius 1 is 1.24 bits per heavy atom. The van der Waals surface area contributed by atoms with Crippen LogP contribution in [-0.2, 0) is 6.54 Å². The molecule has 0 bridgehead atoms. The number of aliphatic hydroxyl groups is 1. The van der Waals surface area contributed by atoms with Gasteiger partial charge < -0.3 is 25.0 Å². The SMILES string of the molecule is COc1ccccc1NC(=S)N(CCO)Cc1cc2cc(C)cc(C)c2[nH]c1=O. The number of benzene rings is 2. The fraction of sp³-hybridized carbons (Fsp3) is 0.273. The van der Waals surface area contributed by atoms with Crippen molar-refractivity contribution in [2.45, 2.75) is 20.4 Å². The third kappa shape index (κ3) is 4.75. The highest BCUT2D eigenvalue weighted by Gasteiger charge is 2.15. The van der Waals surface area contributed by atoms with E-state index in [0.717, 1.165) is 27.7 Å². The molecule has 0 fully saturated rings. The number of para-hydroxylation sites is 2. The number of aromatic amines is 1. The number of thiocarbonyl (C=S) groups is 1. The lowest BCUT2D eigenvalue weighted by molar-refractivity contribution is 0.248. The Labute approximate surface area is 175 Å². The number of hydrogen-bond donors (Lipinski definition) is 3. The molecule has 2 aromatic carbocycles. The van der Waals surface area contributed by atoms with Crippen LogP contribution in [0.2, 0.25) is 0 Å². The molecule has 0 amide bonds. The summed E-state index contributed by atoms with van der Waals surface area (Å²) in [5.41, 5.74) is 4.15. The minimum absolute atomic E-state index is 0.0859. The average Bonchev–Trinajstić information content (AvgIpc) is 2.69. The van der Waals surface area contributed by atoms with Gasteiger partial charge in [0.2, 0.25) is 0 Å². The number of aliphatic hydroxyl groups excluding tert-OH is 1. The highest BCUT2D eigenvalue weighted by atomic mass is 32.1. The number of nitrogens with zero attached hydrogens (tertiary/aromatic N) is 1. The van der Waals surface area contributed by atoms with E-state index in [2.05, 4.69) is 10.3 Å². The number of aromatic nitrogens is 1. The number of nitrogens with one attached hydrogen (secondary N) is 2. The normalized spacial score (nSPS) is 10.8. The Balaban J connectivity index is 1.89. The standard InChI is InChI=1S/C22H25N3O3S/c1-14-10-15(2)20-16(11-14)12-17(21(27)24-20)13-25(8-9-26)22(29)23-18-6-4-5-7-19(18)28-3/h4-7,10-12,26H,8-9,13H2,1-3H3,(H,23,29)(H,24,27). The van der Waals surface area contributed by atoms with E-state index < -0.39 is 0 Å². The lowest BCUT2D eigenvalue weighted by Crippen LogP contribution is -2.38. The van der Waals surface area contributed by atoms with Gasteiger partial charge in [-0.05, 0) is 61.3 Å². The molecule has 0 aliphatic rings. The number of ether oxygens (including phenoxy) is 1. The highest BCUT2D eigenvalue weighted by Crippen LogP contribution is 2.24. The van der Waals surface area contributed by atoms with Gasteiger partial charge in [-0.25, -0.2) is 0 Å². The molecule has 0 spiro atoms. The van der Waals surface area contributed by atoms with Crippen molar-refractivity contribution in [3.8, 4) is 5.75 Å². The molecule has 7 heteroatoms. The lowest BCUT2D eigenvalue weighted by Gasteiger charge is -2.25. The van der Waals surface area contributed by atoms with Crippen LogP contribution in [0.4, 0.5) is 5.69 Å². The van der Waals surface area contributed by atoms with Gasteiger partial charge in [-0.1, -0.05) is 23.8 Å². The summed E-state index contributed by atoms with van der Waals surface area (Å²) in [6.07, 6.45) is 0. The first-order chi connectivity index (χ1) is 13.9. The smallest absolute Gasteiger partial charge is 0.253 e. The van der Waals surface area contributed by atoms with Gasteiger partial charge in [-0.15, -0.1) is 0 Å². The summed E-state index contributed by atoms with van der Waals surface area (Å²) in [7, 11) is 1.59. The second-order valence-electron chi connectivity index (χ2n) is 6.95. The Morgan fingerprint density at radius 2 is 2.00 bits per heavy atom. The molecule has 0 atom stereocenters. The van der Waals surface area contributed by atoms with Crippen LogP contribution in [0.15, 0.2) is 47.3 Å². The van der Waals surface area contributed by atoms with Crippen LogP contribution < -0.4 is 15.6 Å². The molecule has 29 heavy (non-hydrogen) atoms. The Morgan fingerprint density at radius 3 is 2.72 bits per heavy atom. The molecule has 152 valence electrons. The molecule has 0 aliphatic carbocycles. The van der Waals surface area contributed by atoms with E-state index in [1.165, 1.54) is 0 Å². The van der Waals surface area contributed by atoms with Gasteiger partial charge in [0.05, 0.1) is 31.5 Å². The monoisotopic (exact) mass is 411 g/mol. The maximum absolute atomic E-state index is 12.7. The second-order valence-corrected chi connectivity index (χ2v) is 7.33. The van der Waals surface area contributed by atoms with E-state index >= 15 is 0 Å². The first kappa shape index (κ1) is 20.8. The first-order valence-electron chi connectivity index (χ1n) is 9.36. The summed E-state index contributed by atoms with van der Waals surface area (Å²) >= 11 is 5.55. The summed E-state index contributed by atoms with van der Waals surface area (Å²) < 4.78 is 5.35. The van der Waals surface area contributed by atoms with Gasteiger partial charge in [0.15, 0.2) is 5.11 Å². The van der Waals surface area contributed by atoms with E-state index in [1.807, 2.05) is 56.3 Å². The summed E-state index contributed by atoms with van der Waals surface area (Å²) in [5, 5.41) is 14.0. The predicted molar refractivity (Wildman–Crippen MR) is 121 cm³/mol. The molecular weight excluding hydrogens is 386 g/mol. The number of anilines is 1. The molecule has 1 aromatic heterocycles. The van der Waals surface area contributed by atoms with Gasteiger partial charge in [-0.3, -0.25) is 4.79 Å². The summed E-state index contributed by atoms with van der Waals surface area (Å²) in [4.78, 5) is 17.4. The molecule has 0 saturated carbocycles. The van der Waals surface area contributed by atoms with Crippen molar-refractivity contribution in [3.63, 3.8) is 0 Å². The van der Waals surface area contributed by atoms with Crippen molar-refractivity contribution in [1.82, 2.24) is 9.88 Å². The van der Waals surface area contributed by atoms with Crippen molar-refractivity contribution in [1.29, 1.82) is 0 Å². The predicted octanol–water partition coefficient (Wildman–Crippen LogP) is 3.34. The molecule has 0 unspecified atom stereocenters. The van der Waals surface area contributed by atoms with Crippen molar-refractivity contribution in [3.05, 3.63) is 69.5 Å². The number of methoxy groups -OCH3 is 1. The van der Waals surface area contributed by atoms with Gasteiger partial charge in [0.25, 0.3) is 5.56 Å². The number of aryl methyl sites for hydroxylation is 2. The Bertz CT molecular complexity index is 1090. The quantitative estimate of drug-likeness (QED) is 0.540. The largest absolute Gasteiger partial charge is 0.495 e. The van der Waals surface area contributed by atoms with Crippen LogP contribution in [-0.4, -0.2) is 40.4 Å². The topological polar surface area (TPSA) is 77.6 Å². The maximum atomic E-state index is 12.7. The molecule has 0 radical (unpaired) electrons. The molecule has 0 saturated heterocycles. The summed E-state index contributed by atoms with van der Waals surface area (Å²) in [6.45, 7) is 4.50. The minimum atomic E-state index is -0.160. The third-order valence-corrected chi connectivity index (χ3v) is 5.10. The zero-order valence-corrected chi connectivity index (χ0v) is 17.6. The summed E-state index contributed by atoms with van der Waals surface area (Å²) in [5.74, 6) is 0.660. The van der Waals surface area contributed by atoms with Gasteiger partial charge in [-0.2, -0.15) is 0 Å². The van der Waals surface area contributed by atoms with E-state index in [0.29, 0.717) is 23.0 Å².